The van der Waals surface area contributed by atoms with Gasteiger partial charge in [-0.25, -0.2) is 4.79 Å². The molecule has 5 heteroatoms. The average Bonchev–Trinajstić information content (AvgIpc) is 2.65. The molecule has 0 aliphatic rings. The molecule has 0 unspecified atom stereocenters. The van der Waals surface area contributed by atoms with Gasteiger partial charge < -0.3 is 14.6 Å². The van der Waals surface area contributed by atoms with Crippen molar-refractivity contribution in [3.05, 3.63) is 52.6 Å². The van der Waals surface area contributed by atoms with Gasteiger partial charge in [0.05, 0.1) is 6.61 Å². The van der Waals surface area contributed by atoms with E-state index in [4.69, 9.17) is 9.47 Å². The molecule has 0 saturated carbocycles. The van der Waals surface area contributed by atoms with Crippen LogP contribution in [0.4, 0.5) is 0 Å². The first-order valence-electron chi connectivity index (χ1n) is 9.53. The predicted molar refractivity (Wildman–Crippen MR) is 115 cm³/mol. The van der Waals surface area contributed by atoms with Gasteiger partial charge in [-0.15, -0.1) is 11.8 Å². The smallest absolute Gasteiger partial charge is 0.349 e. The van der Waals surface area contributed by atoms with Crippen molar-refractivity contribution in [1.29, 1.82) is 0 Å². The first-order chi connectivity index (χ1) is 13.2. The summed E-state index contributed by atoms with van der Waals surface area (Å²) < 4.78 is 10.8. The Morgan fingerprint density at radius 1 is 1.11 bits per heavy atom. The maximum absolute atomic E-state index is 11.9. The Kier molecular flexibility index (Phi) is 7.41. The molecule has 0 atom stereocenters. The highest BCUT2D eigenvalue weighted by atomic mass is 32.2. The van der Waals surface area contributed by atoms with Crippen LogP contribution in [-0.2, 0) is 16.0 Å². The van der Waals surface area contributed by atoms with Crippen LogP contribution in [0.15, 0.2) is 35.2 Å². The molecule has 28 heavy (non-hydrogen) atoms. The van der Waals surface area contributed by atoms with Gasteiger partial charge in [0.25, 0.3) is 0 Å². The maximum atomic E-state index is 11.9. The van der Waals surface area contributed by atoms with Crippen LogP contribution in [0, 0.1) is 20.8 Å². The number of esters is 1. The highest BCUT2D eigenvalue weighted by molar-refractivity contribution is 7.99. The minimum absolute atomic E-state index is 0.335. The molecule has 152 valence electrons. The summed E-state index contributed by atoms with van der Waals surface area (Å²) in [6, 6.07) is 9.88. The van der Waals surface area contributed by atoms with Crippen LogP contribution in [0.25, 0.3) is 0 Å². The lowest BCUT2D eigenvalue weighted by molar-refractivity contribution is -0.158. The molecule has 0 amide bonds. The summed E-state index contributed by atoms with van der Waals surface area (Å²) in [7, 11) is 0. The predicted octanol–water partition coefficient (Wildman–Crippen LogP) is 5.37. The normalized spacial score (nSPS) is 11.4. The van der Waals surface area contributed by atoms with Crippen LogP contribution in [0.3, 0.4) is 0 Å². The van der Waals surface area contributed by atoms with Crippen molar-refractivity contribution in [2.24, 2.45) is 0 Å². The highest BCUT2D eigenvalue weighted by Crippen LogP contribution is 2.33. The molecule has 0 aliphatic carbocycles. The number of rotatable bonds is 8. The maximum Gasteiger partial charge on any atom is 0.349 e. The van der Waals surface area contributed by atoms with Crippen LogP contribution >= 0.6 is 11.8 Å². The number of phenols is 1. The van der Waals surface area contributed by atoms with E-state index in [1.807, 2.05) is 45.0 Å². The topological polar surface area (TPSA) is 55.8 Å². The Morgan fingerprint density at radius 3 is 2.36 bits per heavy atom. The van der Waals surface area contributed by atoms with Crippen molar-refractivity contribution in [1.82, 2.24) is 0 Å². The van der Waals surface area contributed by atoms with Crippen molar-refractivity contribution in [3.63, 3.8) is 0 Å². The van der Waals surface area contributed by atoms with E-state index in [9.17, 15) is 9.90 Å². The van der Waals surface area contributed by atoms with Crippen molar-refractivity contribution in [2.75, 3.05) is 12.4 Å². The van der Waals surface area contributed by atoms with E-state index in [0.717, 1.165) is 28.9 Å². The van der Waals surface area contributed by atoms with Crippen molar-refractivity contribution in [3.8, 4) is 11.5 Å². The van der Waals surface area contributed by atoms with Gasteiger partial charge in [0, 0.05) is 10.6 Å². The number of hydrogen-bond acceptors (Lipinski definition) is 5. The molecule has 0 bridgehead atoms. The summed E-state index contributed by atoms with van der Waals surface area (Å²) in [6.07, 6.45) is 0.921. The number of aromatic hydroxyl groups is 1. The van der Waals surface area contributed by atoms with Gasteiger partial charge in [0.2, 0.25) is 0 Å². The fourth-order valence-corrected chi connectivity index (χ4v) is 4.01. The van der Waals surface area contributed by atoms with Crippen LogP contribution in [-0.4, -0.2) is 29.0 Å². The molecule has 0 radical (unpaired) electrons. The van der Waals surface area contributed by atoms with E-state index in [2.05, 4.69) is 6.07 Å². The molecule has 4 nitrogen and oxygen atoms in total. The standard InChI is InChI=1S/C23H30O4S/c1-7-26-22(25)23(5,6)27-19-10-8-18(9-11-19)12-13-28-20-14-15(2)21(24)17(4)16(20)3/h8-11,14,24H,7,12-13H2,1-6H3. The summed E-state index contributed by atoms with van der Waals surface area (Å²) >= 11 is 1.80. The summed E-state index contributed by atoms with van der Waals surface area (Å²) in [4.78, 5) is 13.2. The quantitative estimate of drug-likeness (QED) is 0.475. The Morgan fingerprint density at radius 2 is 1.75 bits per heavy atom. The second-order valence-corrected chi connectivity index (χ2v) is 8.50. The molecule has 0 saturated heterocycles. The second kappa shape index (κ2) is 9.37. The van der Waals surface area contributed by atoms with Crippen LogP contribution in [0.2, 0.25) is 0 Å². The SMILES string of the molecule is CCOC(=O)C(C)(C)Oc1ccc(CCSc2cc(C)c(O)c(C)c2C)cc1. The lowest BCUT2D eigenvalue weighted by Crippen LogP contribution is -2.39. The number of aryl methyl sites for hydroxylation is 2. The second-order valence-electron chi connectivity index (χ2n) is 7.37. The van der Waals surface area contributed by atoms with Crippen LogP contribution < -0.4 is 4.74 Å². The number of thioether (sulfide) groups is 1. The number of ether oxygens (including phenoxy) is 2. The summed E-state index contributed by atoms with van der Waals surface area (Å²) in [5, 5.41) is 10.0. The number of phenolic OH excluding ortho intramolecular Hbond substituents is 1. The van der Waals surface area contributed by atoms with Gasteiger partial charge in [0.15, 0.2) is 5.60 Å². The zero-order chi connectivity index (χ0) is 20.9. The van der Waals surface area contributed by atoms with Crippen molar-refractivity contribution < 1.29 is 19.4 Å². The summed E-state index contributed by atoms with van der Waals surface area (Å²) in [5.74, 6) is 1.61. The zero-order valence-electron chi connectivity index (χ0n) is 17.6. The number of carbonyl (C=O) groups is 1. The minimum atomic E-state index is -1.01. The van der Waals surface area contributed by atoms with Gasteiger partial charge in [-0.1, -0.05) is 12.1 Å². The zero-order valence-corrected chi connectivity index (χ0v) is 18.4. The molecule has 0 aromatic heterocycles. The number of carbonyl (C=O) groups excluding carboxylic acids is 1. The monoisotopic (exact) mass is 402 g/mol. The lowest BCUT2D eigenvalue weighted by atomic mass is 10.1. The van der Waals surface area contributed by atoms with Gasteiger partial charge in [-0.05, 0) is 88.4 Å². The third kappa shape index (κ3) is 5.44. The van der Waals surface area contributed by atoms with Crippen molar-refractivity contribution in [2.45, 2.75) is 58.5 Å². The number of hydrogen-bond donors (Lipinski definition) is 1. The lowest BCUT2D eigenvalue weighted by Gasteiger charge is -2.24. The van der Waals surface area contributed by atoms with E-state index < -0.39 is 5.60 Å². The van der Waals surface area contributed by atoms with Gasteiger partial charge >= 0.3 is 5.97 Å². The molecule has 2 rings (SSSR count). The molecule has 1 N–H and O–H groups in total. The molecule has 0 fully saturated rings. The molecule has 0 heterocycles. The van der Waals surface area contributed by atoms with E-state index >= 15 is 0 Å². The summed E-state index contributed by atoms with van der Waals surface area (Å²) in [5.41, 5.74) is 3.20. The molecular weight excluding hydrogens is 372 g/mol. The van der Waals surface area contributed by atoms with E-state index in [1.54, 1.807) is 32.5 Å². The molecule has 0 aliphatic heterocycles. The Labute approximate surface area is 172 Å². The van der Waals surface area contributed by atoms with E-state index in [-0.39, 0.29) is 5.97 Å². The third-order valence-corrected chi connectivity index (χ3v) is 5.86. The minimum Gasteiger partial charge on any atom is -0.507 e. The molecular formula is C23H30O4S. The van der Waals surface area contributed by atoms with Crippen LogP contribution in [0.5, 0.6) is 11.5 Å². The largest absolute Gasteiger partial charge is 0.507 e. The Balaban J connectivity index is 1.94. The third-order valence-electron chi connectivity index (χ3n) is 4.72. The number of benzene rings is 2. The van der Waals surface area contributed by atoms with Gasteiger partial charge in [-0.2, -0.15) is 0 Å². The highest BCUT2D eigenvalue weighted by Gasteiger charge is 2.31. The van der Waals surface area contributed by atoms with E-state index in [1.165, 1.54) is 10.5 Å². The van der Waals surface area contributed by atoms with Crippen molar-refractivity contribution >= 4 is 17.7 Å². The fraction of sp³-hybridized carbons (Fsp3) is 0.435. The van der Waals surface area contributed by atoms with E-state index in [0.29, 0.717) is 18.1 Å². The summed E-state index contributed by atoms with van der Waals surface area (Å²) in [6.45, 7) is 11.5. The Hall–Kier alpha value is -2.14. The molecule has 2 aromatic rings. The first kappa shape index (κ1) is 22.2. The average molecular weight is 403 g/mol. The van der Waals surface area contributed by atoms with Gasteiger partial charge in [0.1, 0.15) is 11.5 Å². The molecule has 2 aromatic carbocycles. The fourth-order valence-electron chi connectivity index (χ4n) is 2.83. The van der Waals surface area contributed by atoms with Gasteiger partial charge in [-0.3, -0.25) is 0 Å². The molecule has 0 spiro atoms. The first-order valence-corrected chi connectivity index (χ1v) is 10.5. The Bertz CT molecular complexity index is 825. The van der Waals surface area contributed by atoms with Crippen LogP contribution in [0.1, 0.15) is 43.0 Å².